The van der Waals surface area contributed by atoms with Gasteiger partial charge in [-0.25, -0.2) is 0 Å². The Labute approximate surface area is 102 Å². The predicted octanol–water partition coefficient (Wildman–Crippen LogP) is 4.44. The molecule has 0 amide bonds. The SMILES string of the molecule is C=CC1=C(Cl)C(C)(C)OP1(=O)OC(C)CC. The van der Waals surface area contributed by atoms with E-state index in [1.54, 1.807) is 13.8 Å². The maximum absolute atomic E-state index is 12.5. The van der Waals surface area contributed by atoms with E-state index in [2.05, 4.69) is 6.58 Å². The van der Waals surface area contributed by atoms with Crippen LogP contribution in [0.15, 0.2) is 23.0 Å². The van der Waals surface area contributed by atoms with Gasteiger partial charge in [0.05, 0.1) is 16.5 Å². The van der Waals surface area contributed by atoms with Crippen LogP contribution in [0.3, 0.4) is 0 Å². The molecule has 5 heteroatoms. The van der Waals surface area contributed by atoms with Gasteiger partial charge in [0.2, 0.25) is 0 Å². The third-order valence-electron chi connectivity index (χ3n) is 2.48. The molecule has 0 aromatic heterocycles. The van der Waals surface area contributed by atoms with Crippen molar-refractivity contribution in [2.24, 2.45) is 0 Å². The van der Waals surface area contributed by atoms with Gasteiger partial charge in [0.25, 0.3) is 0 Å². The van der Waals surface area contributed by atoms with Gasteiger partial charge in [0.15, 0.2) is 0 Å². The molecule has 0 bridgehead atoms. The molecule has 0 spiro atoms. The highest BCUT2D eigenvalue weighted by Gasteiger charge is 2.48. The Morgan fingerprint density at radius 3 is 2.69 bits per heavy atom. The van der Waals surface area contributed by atoms with Gasteiger partial charge in [-0.05, 0) is 27.2 Å². The maximum atomic E-state index is 12.5. The summed E-state index contributed by atoms with van der Waals surface area (Å²) in [6.07, 6.45) is 2.08. The molecule has 0 saturated carbocycles. The van der Waals surface area contributed by atoms with Gasteiger partial charge in [-0.2, -0.15) is 0 Å². The second-order valence-corrected chi connectivity index (χ2v) is 6.57. The number of hydrogen-bond acceptors (Lipinski definition) is 3. The molecule has 0 saturated heterocycles. The molecule has 92 valence electrons. The molecule has 0 N–H and O–H groups in total. The summed E-state index contributed by atoms with van der Waals surface area (Å²) in [5, 5.41) is 0.800. The van der Waals surface area contributed by atoms with Crippen molar-refractivity contribution in [3.8, 4) is 0 Å². The Morgan fingerprint density at radius 2 is 2.25 bits per heavy atom. The summed E-state index contributed by atoms with van der Waals surface area (Å²) >= 11 is 6.11. The molecule has 3 nitrogen and oxygen atoms in total. The first kappa shape index (κ1) is 14.0. The Kier molecular flexibility index (Phi) is 4.07. The quantitative estimate of drug-likeness (QED) is 0.704. The fraction of sp³-hybridized carbons (Fsp3) is 0.636. The normalized spacial score (nSPS) is 30.6. The van der Waals surface area contributed by atoms with E-state index in [1.807, 2.05) is 13.8 Å². The molecular weight excluding hydrogens is 247 g/mol. The smallest absolute Gasteiger partial charge is 0.302 e. The van der Waals surface area contributed by atoms with Crippen LogP contribution in [0.5, 0.6) is 0 Å². The second kappa shape index (κ2) is 4.66. The lowest BCUT2D eigenvalue weighted by molar-refractivity contribution is 0.108. The minimum Gasteiger partial charge on any atom is -0.302 e. The van der Waals surface area contributed by atoms with Gasteiger partial charge >= 0.3 is 7.60 Å². The molecule has 0 aromatic rings. The van der Waals surface area contributed by atoms with Crippen molar-refractivity contribution in [3.05, 3.63) is 23.0 Å². The average Bonchev–Trinajstić information content (AvgIpc) is 2.32. The van der Waals surface area contributed by atoms with Crippen LogP contribution in [0.25, 0.3) is 0 Å². The third kappa shape index (κ3) is 2.43. The molecule has 0 fully saturated rings. The van der Waals surface area contributed by atoms with Gasteiger partial charge in [-0.3, -0.25) is 9.09 Å². The standard InChI is InChI=1S/C11H18ClO3P/c1-6-8(3)14-16(13)9(7-2)10(12)11(4,5)15-16/h7-8H,2,6H2,1,3-5H3. The summed E-state index contributed by atoms with van der Waals surface area (Å²) in [5.74, 6) is 0. The van der Waals surface area contributed by atoms with Crippen LogP contribution < -0.4 is 0 Å². The van der Waals surface area contributed by atoms with Crippen molar-refractivity contribution >= 4 is 19.2 Å². The summed E-state index contributed by atoms with van der Waals surface area (Å²) < 4.78 is 23.5. The fourth-order valence-electron chi connectivity index (χ4n) is 1.41. The minimum absolute atomic E-state index is 0.140. The Bertz CT molecular complexity index is 373. The van der Waals surface area contributed by atoms with E-state index in [0.29, 0.717) is 10.3 Å². The summed E-state index contributed by atoms with van der Waals surface area (Å²) in [6.45, 7) is 10.9. The van der Waals surface area contributed by atoms with E-state index in [1.165, 1.54) is 6.08 Å². The Hall–Kier alpha value is -0.0800. The van der Waals surface area contributed by atoms with Crippen LogP contribution in [0.2, 0.25) is 0 Å². The van der Waals surface area contributed by atoms with Gasteiger partial charge in [-0.15, -0.1) is 0 Å². The van der Waals surface area contributed by atoms with E-state index in [9.17, 15) is 4.57 Å². The molecule has 1 heterocycles. The number of hydrogen-bond donors (Lipinski definition) is 0. The van der Waals surface area contributed by atoms with Crippen molar-refractivity contribution in [1.29, 1.82) is 0 Å². The molecular formula is C11H18ClO3P. The van der Waals surface area contributed by atoms with Crippen LogP contribution in [0, 0.1) is 0 Å². The van der Waals surface area contributed by atoms with Crippen molar-refractivity contribution in [2.45, 2.75) is 45.8 Å². The first-order valence-electron chi connectivity index (χ1n) is 5.29. The van der Waals surface area contributed by atoms with E-state index < -0.39 is 13.2 Å². The van der Waals surface area contributed by atoms with Crippen LogP contribution in [-0.2, 0) is 13.6 Å². The highest BCUT2D eigenvalue weighted by Crippen LogP contribution is 2.68. The Balaban J connectivity index is 3.09. The van der Waals surface area contributed by atoms with Crippen molar-refractivity contribution in [2.75, 3.05) is 0 Å². The first-order chi connectivity index (χ1) is 7.27. The van der Waals surface area contributed by atoms with Crippen LogP contribution in [0.4, 0.5) is 0 Å². The lowest BCUT2D eigenvalue weighted by Crippen LogP contribution is -2.19. The first-order valence-corrected chi connectivity index (χ1v) is 7.21. The lowest BCUT2D eigenvalue weighted by atomic mass is 10.1. The third-order valence-corrected chi connectivity index (χ3v) is 5.60. The Morgan fingerprint density at radius 1 is 1.69 bits per heavy atom. The van der Waals surface area contributed by atoms with Crippen molar-refractivity contribution < 1.29 is 13.6 Å². The average molecular weight is 265 g/mol. The van der Waals surface area contributed by atoms with Crippen molar-refractivity contribution in [1.82, 2.24) is 0 Å². The van der Waals surface area contributed by atoms with E-state index >= 15 is 0 Å². The zero-order valence-corrected chi connectivity index (χ0v) is 11.8. The highest BCUT2D eigenvalue weighted by atomic mass is 35.5. The van der Waals surface area contributed by atoms with E-state index in [4.69, 9.17) is 20.6 Å². The number of rotatable bonds is 4. The van der Waals surface area contributed by atoms with Crippen LogP contribution >= 0.6 is 19.2 Å². The summed E-state index contributed by atoms with van der Waals surface area (Å²) in [7, 11) is -3.30. The molecule has 1 aliphatic heterocycles. The van der Waals surface area contributed by atoms with Gasteiger partial charge in [0.1, 0.15) is 5.60 Å². The second-order valence-electron chi connectivity index (χ2n) is 4.33. The molecule has 1 rings (SSSR count). The monoisotopic (exact) mass is 264 g/mol. The largest absolute Gasteiger partial charge is 0.363 e. The van der Waals surface area contributed by atoms with E-state index in [0.717, 1.165) is 6.42 Å². The molecule has 0 radical (unpaired) electrons. The van der Waals surface area contributed by atoms with Gasteiger partial charge < -0.3 is 4.52 Å². The van der Waals surface area contributed by atoms with Gasteiger partial charge in [0, 0.05) is 0 Å². The van der Waals surface area contributed by atoms with Crippen molar-refractivity contribution in [3.63, 3.8) is 0 Å². The zero-order chi connectivity index (χ0) is 12.6. The van der Waals surface area contributed by atoms with Gasteiger partial charge in [-0.1, -0.05) is 31.2 Å². The summed E-state index contributed by atoms with van der Waals surface area (Å²) in [5.41, 5.74) is -0.770. The minimum atomic E-state index is -3.30. The lowest BCUT2D eigenvalue weighted by Gasteiger charge is -2.22. The predicted molar refractivity (Wildman–Crippen MR) is 66.7 cm³/mol. The molecule has 0 aliphatic carbocycles. The zero-order valence-electron chi connectivity index (χ0n) is 10.1. The summed E-state index contributed by atoms with van der Waals surface area (Å²) in [4.78, 5) is 0. The summed E-state index contributed by atoms with van der Waals surface area (Å²) in [6, 6.07) is 0. The fourth-order valence-corrected chi connectivity index (χ4v) is 4.19. The van der Waals surface area contributed by atoms with E-state index in [-0.39, 0.29) is 6.10 Å². The number of allylic oxidation sites excluding steroid dienone is 2. The molecule has 16 heavy (non-hydrogen) atoms. The maximum Gasteiger partial charge on any atom is 0.363 e. The topological polar surface area (TPSA) is 35.5 Å². The van der Waals surface area contributed by atoms with Crippen LogP contribution in [0.1, 0.15) is 34.1 Å². The number of halogens is 1. The molecule has 2 unspecified atom stereocenters. The molecule has 1 aliphatic rings. The highest BCUT2D eigenvalue weighted by molar-refractivity contribution is 7.59. The molecule has 0 aromatic carbocycles. The van der Waals surface area contributed by atoms with Crippen LogP contribution in [-0.4, -0.2) is 11.7 Å². The molecule has 2 atom stereocenters.